The highest BCUT2D eigenvalue weighted by atomic mass is 15.1. The lowest BCUT2D eigenvalue weighted by molar-refractivity contribution is 0.768. The van der Waals surface area contributed by atoms with Gasteiger partial charge in [-0.1, -0.05) is 158 Å². The van der Waals surface area contributed by atoms with Crippen LogP contribution in [0.3, 0.4) is 0 Å². The molecule has 6 aromatic carbocycles. The van der Waals surface area contributed by atoms with Gasteiger partial charge in [0.2, 0.25) is 0 Å². The van der Waals surface area contributed by atoms with Crippen LogP contribution < -0.4 is 4.90 Å². The molecule has 0 saturated heterocycles. The van der Waals surface area contributed by atoms with Crippen LogP contribution >= 0.6 is 0 Å². The van der Waals surface area contributed by atoms with E-state index in [-0.39, 0.29) is 0 Å². The first-order chi connectivity index (χ1) is 24.6. The van der Waals surface area contributed by atoms with Gasteiger partial charge in [0, 0.05) is 16.9 Å². The Morgan fingerprint density at radius 3 is 1.86 bits per heavy atom. The lowest BCUT2D eigenvalue weighted by atomic mass is 9.67. The Labute approximate surface area is 297 Å². The molecule has 0 fully saturated rings. The van der Waals surface area contributed by atoms with Gasteiger partial charge in [0.05, 0.1) is 11.1 Å². The quantitative estimate of drug-likeness (QED) is 0.141. The fourth-order valence-corrected chi connectivity index (χ4v) is 7.66. The van der Waals surface area contributed by atoms with Crippen LogP contribution in [0.5, 0.6) is 0 Å². The minimum atomic E-state index is -0.535. The van der Waals surface area contributed by atoms with Crippen molar-refractivity contribution in [1.82, 2.24) is 0 Å². The van der Waals surface area contributed by atoms with Crippen LogP contribution in [0.4, 0.5) is 17.1 Å². The van der Waals surface area contributed by atoms with Crippen LogP contribution in [0.25, 0.3) is 22.3 Å². The van der Waals surface area contributed by atoms with Gasteiger partial charge in [-0.2, -0.15) is 0 Å². The first kappa shape index (κ1) is 32.6. The third-order valence-corrected chi connectivity index (χ3v) is 9.91. The van der Waals surface area contributed by atoms with E-state index < -0.39 is 5.41 Å². The summed E-state index contributed by atoms with van der Waals surface area (Å²) in [5.41, 5.74) is 15.3. The molecule has 0 unspecified atom stereocenters. The van der Waals surface area contributed by atoms with Crippen LogP contribution in [-0.2, 0) is 5.41 Å². The number of hydrogen-bond donors (Lipinski definition) is 0. The molecule has 0 radical (unpaired) electrons. The molecule has 0 atom stereocenters. The highest BCUT2D eigenvalue weighted by Crippen LogP contribution is 2.60. The molecule has 0 bridgehead atoms. The van der Waals surface area contributed by atoms with E-state index in [2.05, 4.69) is 221 Å². The third kappa shape index (κ3) is 5.65. The van der Waals surface area contributed by atoms with Crippen molar-refractivity contribution in [3.05, 3.63) is 221 Å². The van der Waals surface area contributed by atoms with Crippen molar-refractivity contribution in [3.8, 4) is 11.1 Å². The number of rotatable bonds is 9. The molecule has 0 heterocycles. The molecule has 0 saturated carbocycles. The monoisotopic (exact) mass is 645 g/mol. The van der Waals surface area contributed by atoms with E-state index in [0.717, 1.165) is 17.1 Å². The van der Waals surface area contributed by atoms with E-state index >= 15 is 0 Å². The van der Waals surface area contributed by atoms with Crippen LogP contribution in [0.15, 0.2) is 188 Å². The number of nitrogens with zero attached hydrogens (tertiary/aromatic N) is 1. The van der Waals surface area contributed by atoms with Gasteiger partial charge in [0.15, 0.2) is 0 Å². The predicted octanol–water partition coefficient (Wildman–Crippen LogP) is 13.5. The molecule has 0 aromatic heterocycles. The van der Waals surface area contributed by atoms with E-state index in [1.165, 1.54) is 55.7 Å². The Hall–Kier alpha value is -5.92. The zero-order valence-corrected chi connectivity index (χ0v) is 29.3. The van der Waals surface area contributed by atoms with Gasteiger partial charge in [0.1, 0.15) is 0 Å². The Kier molecular flexibility index (Phi) is 9.32. The van der Waals surface area contributed by atoms with Crippen LogP contribution in [-0.4, -0.2) is 0 Å². The second kappa shape index (κ2) is 14.3. The predicted molar refractivity (Wildman–Crippen MR) is 215 cm³/mol. The summed E-state index contributed by atoms with van der Waals surface area (Å²) in [6.45, 7) is 8.41. The summed E-state index contributed by atoms with van der Waals surface area (Å²) in [5.74, 6) is 0. The maximum Gasteiger partial charge on any atom is 0.0734 e. The topological polar surface area (TPSA) is 3.24 Å². The Morgan fingerprint density at radius 1 is 0.560 bits per heavy atom. The molecule has 1 heteroatoms. The normalized spacial score (nSPS) is 13.8. The third-order valence-electron chi connectivity index (χ3n) is 9.91. The van der Waals surface area contributed by atoms with E-state index in [0.29, 0.717) is 0 Å². The van der Waals surface area contributed by atoms with Crippen molar-refractivity contribution in [2.75, 3.05) is 4.90 Å². The number of hydrogen-bond acceptors (Lipinski definition) is 1. The molecule has 6 aromatic rings. The van der Waals surface area contributed by atoms with Gasteiger partial charge in [0.25, 0.3) is 0 Å². The number of allylic oxidation sites excluding steroid dienone is 8. The van der Waals surface area contributed by atoms with Crippen molar-refractivity contribution in [2.45, 2.75) is 33.1 Å². The summed E-state index contributed by atoms with van der Waals surface area (Å²) >= 11 is 0. The largest absolute Gasteiger partial charge is 0.310 e. The van der Waals surface area contributed by atoms with Crippen LogP contribution in [0.2, 0.25) is 0 Å². The number of anilines is 3. The van der Waals surface area contributed by atoms with E-state index in [1.807, 2.05) is 0 Å². The molecule has 0 spiro atoms. The van der Waals surface area contributed by atoms with Gasteiger partial charge < -0.3 is 4.90 Å². The van der Waals surface area contributed by atoms with Crippen molar-refractivity contribution >= 4 is 28.2 Å². The Balaban J connectivity index is 1.56. The van der Waals surface area contributed by atoms with Gasteiger partial charge in [-0.15, -0.1) is 0 Å². The van der Waals surface area contributed by atoms with Crippen LogP contribution in [0, 0.1) is 0 Å². The molecule has 0 aliphatic heterocycles. The van der Waals surface area contributed by atoms with Crippen molar-refractivity contribution in [1.29, 1.82) is 0 Å². The van der Waals surface area contributed by atoms with Crippen molar-refractivity contribution < 1.29 is 0 Å². The lowest BCUT2D eigenvalue weighted by Gasteiger charge is -2.38. The second-order valence-corrected chi connectivity index (χ2v) is 12.8. The van der Waals surface area contributed by atoms with Crippen molar-refractivity contribution in [2.24, 2.45) is 0 Å². The summed E-state index contributed by atoms with van der Waals surface area (Å²) in [6.07, 6.45) is 12.8. The number of benzene rings is 6. The van der Waals surface area contributed by atoms with Gasteiger partial charge in [-0.25, -0.2) is 0 Å². The molecule has 50 heavy (non-hydrogen) atoms. The summed E-state index contributed by atoms with van der Waals surface area (Å²) in [5, 5.41) is 0. The smallest absolute Gasteiger partial charge is 0.0734 e. The van der Waals surface area contributed by atoms with E-state index in [9.17, 15) is 0 Å². The van der Waals surface area contributed by atoms with Crippen LogP contribution in [0.1, 0.15) is 61.1 Å². The maximum absolute atomic E-state index is 2.46. The molecule has 7 rings (SSSR count). The Bertz CT molecular complexity index is 2190. The van der Waals surface area contributed by atoms with Gasteiger partial charge in [-0.3, -0.25) is 0 Å². The average Bonchev–Trinajstić information content (AvgIpc) is 3.49. The first-order valence-electron chi connectivity index (χ1n) is 17.6. The molecular formula is C49H43N. The molecule has 0 amide bonds. The molecule has 0 N–H and O–H groups in total. The second-order valence-electron chi connectivity index (χ2n) is 12.8. The summed E-state index contributed by atoms with van der Waals surface area (Å²) in [7, 11) is 0. The zero-order valence-electron chi connectivity index (χ0n) is 29.3. The van der Waals surface area contributed by atoms with Crippen molar-refractivity contribution in [3.63, 3.8) is 0 Å². The fraction of sp³-hybridized carbons (Fsp3) is 0.102. The zero-order chi connectivity index (χ0) is 34.5. The standard InChI is InChI=1S/C49H43N/c1-5-8-20-36(4)39-21-17-26-43(35-39)50(42-33-31-38(32-34-42)37(7-3)19-6-2)47-30-18-28-45-44-27-15-16-29-46(44)49(48(45)47,40-22-11-9-12-23-40)41-24-13-10-14-25-41/h5-35H,1-4H3. The lowest BCUT2D eigenvalue weighted by Crippen LogP contribution is -2.30. The minimum absolute atomic E-state index is 0.535. The molecular weight excluding hydrogens is 603 g/mol. The summed E-state index contributed by atoms with van der Waals surface area (Å²) in [6, 6.07) is 55.9. The van der Waals surface area contributed by atoms with Gasteiger partial charge >= 0.3 is 0 Å². The minimum Gasteiger partial charge on any atom is -0.310 e. The van der Waals surface area contributed by atoms with E-state index in [4.69, 9.17) is 0 Å². The molecule has 1 nitrogen and oxygen atoms in total. The summed E-state index contributed by atoms with van der Waals surface area (Å²) in [4.78, 5) is 2.46. The highest BCUT2D eigenvalue weighted by Gasteiger charge is 2.48. The number of fused-ring (bicyclic) bond motifs is 3. The summed E-state index contributed by atoms with van der Waals surface area (Å²) < 4.78 is 0. The molecule has 244 valence electrons. The first-order valence-corrected chi connectivity index (χ1v) is 17.6. The highest BCUT2D eigenvalue weighted by molar-refractivity contribution is 5.94. The Morgan fingerprint density at radius 2 is 1.20 bits per heavy atom. The van der Waals surface area contributed by atoms with Gasteiger partial charge in [-0.05, 0) is 108 Å². The van der Waals surface area contributed by atoms with E-state index in [1.54, 1.807) is 0 Å². The fourth-order valence-electron chi connectivity index (χ4n) is 7.66. The maximum atomic E-state index is 2.46. The average molecular weight is 646 g/mol. The molecule has 1 aliphatic rings. The SMILES string of the molecule is CC=CC=C(C)c1cccc(N(c2ccc(C(C=CC)=CC)cc2)c2cccc3c2C(c2ccccc2)(c2ccccc2)c2ccccc2-3)c1. The molecule has 1 aliphatic carbocycles.